The smallest absolute Gasteiger partial charge is 0.326 e. The summed E-state index contributed by atoms with van der Waals surface area (Å²) in [6.45, 7) is 2.16. The van der Waals surface area contributed by atoms with Gasteiger partial charge in [-0.05, 0) is 62.8 Å². The molecule has 0 fully saturated rings. The molecule has 0 aliphatic carbocycles. The van der Waals surface area contributed by atoms with Crippen LogP contribution in [-0.2, 0) is 22.4 Å². The van der Waals surface area contributed by atoms with E-state index in [9.17, 15) is 18.7 Å². The number of nitrogens with zero attached hydrogens (tertiary/aromatic N) is 4. The number of carboxylic acid groups (broad SMARTS) is 1. The molecule has 9 nitrogen and oxygen atoms in total. The summed E-state index contributed by atoms with van der Waals surface area (Å²) in [6, 6.07) is 5.00. The maximum absolute atomic E-state index is 12.4. The standard InChI is InChI=1S/C24H34F2N6O3/c25-21(26)16-35-15-14-32(13-9-20(24(33)34)31-22-8-11-27-17-29-22)12-2-1-5-19-7-6-18-4-3-10-28-23(18)30-19/h6-8,11,17,20-21H,1-5,9-10,12-16H2,(H,28,30)(H,33,34)(H,27,29,31)/t20-/m0/s1. The minimum absolute atomic E-state index is 0.166. The quantitative estimate of drug-likeness (QED) is 0.304. The van der Waals surface area contributed by atoms with E-state index in [2.05, 4.69) is 37.6 Å². The van der Waals surface area contributed by atoms with E-state index in [4.69, 9.17) is 9.72 Å². The first kappa shape index (κ1) is 26.7. The molecule has 0 saturated heterocycles. The molecule has 3 N–H and O–H groups in total. The van der Waals surface area contributed by atoms with Crippen LogP contribution < -0.4 is 10.6 Å². The van der Waals surface area contributed by atoms with Crippen molar-refractivity contribution in [2.45, 2.75) is 51.0 Å². The van der Waals surface area contributed by atoms with Gasteiger partial charge in [-0.25, -0.2) is 28.5 Å². The molecule has 0 radical (unpaired) electrons. The highest BCUT2D eigenvalue weighted by molar-refractivity contribution is 5.76. The minimum Gasteiger partial charge on any atom is -0.480 e. The minimum atomic E-state index is -2.50. The summed E-state index contributed by atoms with van der Waals surface area (Å²) >= 11 is 0. The average molecular weight is 493 g/mol. The van der Waals surface area contributed by atoms with Gasteiger partial charge in [-0.2, -0.15) is 0 Å². The molecule has 0 amide bonds. The van der Waals surface area contributed by atoms with E-state index in [1.807, 2.05) is 0 Å². The van der Waals surface area contributed by atoms with Crippen molar-refractivity contribution >= 4 is 17.6 Å². The summed E-state index contributed by atoms with van der Waals surface area (Å²) in [4.78, 5) is 26.4. The number of unbranched alkanes of at least 4 members (excludes halogenated alkanes) is 1. The van der Waals surface area contributed by atoms with Gasteiger partial charge >= 0.3 is 5.97 Å². The molecule has 1 aliphatic rings. The van der Waals surface area contributed by atoms with Gasteiger partial charge in [0, 0.05) is 31.5 Å². The molecule has 11 heteroatoms. The Labute approximate surface area is 204 Å². The lowest BCUT2D eigenvalue weighted by molar-refractivity contribution is -0.138. The van der Waals surface area contributed by atoms with E-state index in [-0.39, 0.29) is 6.61 Å². The van der Waals surface area contributed by atoms with Crippen LogP contribution >= 0.6 is 0 Å². The van der Waals surface area contributed by atoms with Gasteiger partial charge < -0.3 is 25.4 Å². The van der Waals surface area contributed by atoms with E-state index in [1.54, 1.807) is 6.07 Å². The molecule has 0 unspecified atom stereocenters. The van der Waals surface area contributed by atoms with Gasteiger partial charge in [0.1, 0.15) is 30.6 Å². The first-order chi connectivity index (χ1) is 17.0. The number of aryl methyl sites for hydroxylation is 2. The van der Waals surface area contributed by atoms with Crippen molar-refractivity contribution in [3.8, 4) is 0 Å². The van der Waals surface area contributed by atoms with Gasteiger partial charge in [-0.15, -0.1) is 0 Å². The highest BCUT2D eigenvalue weighted by atomic mass is 19.3. The number of hydrogen-bond donors (Lipinski definition) is 3. The number of alkyl halides is 2. The zero-order valence-corrected chi connectivity index (χ0v) is 19.8. The molecule has 0 spiro atoms. The van der Waals surface area contributed by atoms with Gasteiger partial charge in [0.15, 0.2) is 0 Å². The molecular weight excluding hydrogens is 458 g/mol. The molecule has 3 rings (SSSR count). The maximum Gasteiger partial charge on any atom is 0.326 e. The van der Waals surface area contributed by atoms with E-state index in [0.29, 0.717) is 31.9 Å². The van der Waals surface area contributed by atoms with E-state index in [0.717, 1.165) is 50.2 Å². The highest BCUT2D eigenvalue weighted by Gasteiger charge is 2.19. The Balaban J connectivity index is 1.47. The molecule has 2 aromatic heterocycles. The maximum atomic E-state index is 12.4. The van der Waals surface area contributed by atoms with Gasteiger partial charge in [-0.3, -0.25) is 0 Å². The third kappa shape index (κ3) is 9.69. The van der Waals surface area contributed by atoms with Crippen molar-refractivity contribution in [2.24, 2.45) is 0 Å². The topological polar surface area (TPSA) is 112 Å². The molecular formula is C24H34F2N6O3. The van der Waals surface area contributed by atoms with Crippen molar-refractivity contribution in [1.29, 1.82) is 0 Å². The molecule has 1 atom stereocenters. The summed E-state index contributed by atoms with van der Waals surface area (Å²) in [5, 5.41) is 15.9. The van der Waals surface area contributed by atoms with Crippen LogP contribution in [-0.4, -0.2) is 82.8 Å². The number of anilines is 2. The van der Waals surface area contributed by atoms with Crippen LogP contribution in [0.5, 0.6) is 0 Å². The number of aromatic nitrogens is 3. The van der Waals surface area contributed by atoms with Crippen LogP contribution in [0.25, 0.3) is 0 Å². The molecule has 0 saturated carbocycles. The molecule has 192 valence electrons. The summed E-state index contributed by atoms with van der Waals surface area (Å²) < 4.78 is 29.8. The predicted molar refractivity (Wildman–Crippen MR) is 129 cm³/mol. The normalized spacial score (nSPS) is 13.9. The second kappa shape index (κ2) is 14.5. The molecule has 1 aliphatic heterocycles. The zero-order chi connectivity index (χ0) is 24.9. The summed E-state index contributed by atoms with van der Waals surface area (Å²) in [6.07, 6.45) is 5.53. The van der Waals surface area contributed by atoms with Crippen molar-refractivity contribution in [3.05, 3.63) is 42.0 Å². The van der Waals surface area contributed by atoms with Crippen LogP contribution in [0.2, 0.25) is 0 Å². The molecule has 35 heavy (non-hydrogen) atoms. The van der Waals surface area contributed by atoms with E-state index < -0.39 is 25.0 Å². The number of aliphatic carboxylic acids is 1. The van der Waals surface area contributed by atoms with Crippen LogP contribution in [0.15, 0.2) is 30.7 Å². The Kier molecular flexibility index (Phi) is 11.0. The highest BCUT2D eigenvalue weighted by Crippen LogP contribution is 2.20. The Morgan fingerprint density at radius 2 is 2.11 bits per heavy atom. The second-order valence-corrected chi connectivity index (χ2v) is 8.52. The fourth-order valence-electron chi connectivity index (χ4n) is 3.97. The third-order valence-corrected chi connectivity index (χ3v) is 5.84. The number of ether oxygens (including phenoxy) is 1. The Bertz CT molecular complexity index is 906. The van der Waals surface area contributed by atoms with Crippen molar-refractivity contribution < 1.29 is 23.4 Å². The molecule has 0 bridgehead atoms. The zero-order valence-electron chi connectivity index (χ0n) is 19.8. The van der Waals surface area contributed by atoms with Crippen molar-refractivity contribution in [3.63, 3.8) is 0 Å². The van der Waals surface area contributed by atoms with Crippen LogP contribution in [0.3, 0.4) is 0 Å². The first-order valence-corrected chi connectivity index (χ1v) is 12.1. The number of carboxylic acids is 1. The molecule has 0 aromatic carbocycles. The Hall–Kier alpha value is -2.92. The lowest BCUT2D eigenvalue weighted by atomic mass is 10.1. The van der Waals surface area contributed by atoms with Crippen molar-refractivity contribution in [1.82, 2.24) is 19.9 Å². The number of carbonyl (C=O) groups is 1. The lowest BCUT2D eigenvalue weighted by Crippen LogP contribution is -2.37. The van der Waals surface area contributed by atoms with E-state index >= 15 is 0 Å². The summed E-state index contributed by atoms with van der Waals surface area (Å²) in [5.74, 6) is 0.443. The van der Waals surface area contributed by atoms with Crippen LogP contribution in [0.4, 0.5) is 20.4 Å². The molecule has 2 aromatic rings. The van der Waals surface area contributed by atoms with Crippen LogP contribution in [0, 0.1) is 0 Å². The Morgan fingerprint density at radius 1 is 1.23 bits per heavy atom. The second-order valence-electron chi connectivity index (χ2n) is 8.52. The monoisotopic (exact) mass is 492 g/mol. The fourth-order valence-corrected chi connectivity index (χ4v) is 3.97. The Morgan fingerprint density at radius 3 is 2.89 bits per heavy atom. The number of halogens is 2. The summed E-state index contributed by atoms with van der Waals surface area (Å²) in [5.41, 5.74) is 2.31. The number of rotatable bonds is 16. The largest absolute Gasteiger partial charge is 0.480 e. The molecule has 3 heterocycles. The first-order valence-electron chi connectivity index (χ1n) is 12.1. The van der Waals surface area contributed by atoms with Gasteiger partial charge in [-0.1, -0.05) is 6.07 Å². The van der Waals surface area contributed by atoms with E-state index in [1.165, 1.54) is 18.1 Å². The SMILES string of the molecule is O=C(O)[C@H](CCN(CCCCc1ccc2c(n1)NCCC2)CCOCC(F)F)Nc1ccncn1. The fraction of sp³-hybridized carbons (Fsp3) is 0.583. The predicted octanol–water partition coefficient (Wildman–Crippen LogP) is 3.09. The van der Waals surface area contributed by atoms with Crippen LogP contribution in [0.1, 0.15) is 36.9 Å². The number of hydrogen-bond acceptors (Lipinski definition) is 8. The lowest BCUT2D eigenvalue weighted by Gasteiger charge is -2.24. The average Bonchev–Trinajstić information content (AvgIpc) is 2.86. The van der Waals surface area contributed by atoms with Crippen molar-refractivity contribution in [2.75, 3.05) is 50.0 Å². The third-order valence-electron chi connectivity index (χ3n) is 5.84. The van der Waals surface area contributed by atoms with Gasteiger partial charge in [0.2, 0.25) is 0 Å². The van der Waals surface area contributed by atoms with Gasteiger partial charge in [0.25, 0.3) is 6.43 Å². The number of pyridine rings is 1. The van der Waals surface area contributed by atoms with Gasteiger partial charge in [0.05, 0.1) is 6.61 Å². The number of fused-ring (bicyclic) bond motifs is 1. The number of nitrogens with one attached hydrogen (secondary N) is 2. The summed E-state index contributed by atoms with van der Waals surface area (Å²) in [7, 11) is 0.